The molecule has 0 aromatic heterocycles. The van der Waals surface area contributed by atoms with Crippen molar-refractivity contribution in [3.63, 3.8) is 0 Å². The largest absolute Gasteiger partial charge is 0.459 e. The minimum atomic E-state index is -0.439. The van der Waals surface area contributed by atoms with E-state index in [2.05, 4.69) is 15.9 Å². The van der Waals surface area contributed by atoms with Crippen LogP contribution >= 0.6 is 27.7 Å². The van der Waals surface area contributed by atoms with Crippen LogP contribution in [-0.2, 0) is 20.9 Å². The number of fused-ring (bicyclic) bond motifs is 1. The Balaban J connectivity index is 1.63. The molecular formula is C15H16BrNO3S. The maximum absolute atomic E-state index is 12.3. The molecule has 2 aliphatic rings. The number of nitrogens with zero attached hydrogens (tertiary/aromatic N) is 1. The maximum Gasteiger partial charge on any atom is 0.330 e. The first-order valence-electron chi connectivity index (χ1n) is 6.87. The molecule has 2 fully saturated rings. The summed E-state index contributed by atoms with van der Waals surface area (Å²) in [4.78, 5) is 25.8. The molecule has 0 radical (unpaired) electrons. The molecule has 0 saturated carbocycles. The van der Waals surface area contributed by atoms with E-state index in [1.807, 2.05) is 31.2 Å². The smallest absolute Gasteiger partial charge is 0.330 e. The van der Waals surface area contributed by atoms with Crippen molar-refractivity contribution in [2.75, 3.05) is 5.75 Å². The Morgan fingerprint density at radius 3 is 2.90 bits per heavy atom. The highest BCUT2D eigenvalue weighted by Gasteiger charge is 2.53. The van der Waals surface area contributed by atoms with Crippen LogP contribution in [0.1, 0.15) is 25.3 Å². The summed E-state index contributed by atoms with van der Waals surface area (Å²) in [6, 6.07) is 7.20. The van der Waals surface area contributed by atoms with Gasteiger partial charge in [-0.2, -0.15) is 0 Å². The van der Waals surface area contributed by atoms with Crippen LogP contribution in [0.2, 0.25) is 0 Å². The number of carbonyl (C=O) groups is 2. The molecule has 1 aromatic rings. The molecule has 1 aromatic carbocycles. The van der Waals surface area contributed by atoms with Gasteiger partial charge < -0.3 is 9.64 Å². The Labute approximate surface area is 136 Å². The van der Waals surface area contributed by atoms with Gasteiger partial charge in [-0.3, -0.25) is 4.79 Å². The second kappa shape index (κ2) is 5.65. The van der Waals surface area contributed by atoms with Gasteiger partial charge in [0.2, 0.25) is 5.91 Å². The number of carbonyl (C=O) groups excluding carboxylic acids is 2. The van der Waals surface area contributed by atoms with Crippen molar-refractivity contribution in [3.8, 4) is 0 Å². The second-order valence-electron chi connectivity index (χ2n) is 5.50. The van der Waals surface area contributed by atoms with Crippen molar-refractivity contribution < 1.29 is 14.3 Å². The molecule has 0 spiro atoms. The lowest BCUT2D eigenvalue weighted by molar-refractivity contribution is -0.154. The lowest BCUT2D eigenvalue weighted by atomic mass is 10.2. The van der Waals surface area contributed by atoms with E-state index >= 15 is 0 Å². The van der Waals surface area contributed by atoms with E-state index in [4.69, 9.17) is 4.74 Å². The van der Waals surface area contributed by atoms with Crippen LogP contribution in [0.4, 0.5) is 0 Å². The summed E-state index contributed by atoms with van der Waals surface area (Å²) in [6.07, 6.45) is 1.34. The van der Waals surface area contributed by atoms with Crippen LogP contribution in [0.5, 0.6) is 0 Å². The zero-order valence-electron chi connectivity index (χ0n) is 11.7. The first-order chi connectivity index (χ1) is 9.99. The minimum Gasteiger partial charge on any atom is -0.459 e. The van der Waals surface area contributed by atoms with Crippen LogP contribution in [-0.4, -0.2) is 33.4 Å². The van der Waals surface area contributed by atoms with E-state index in [9.17, 15) is 9.59 Å². The number of halogens is 1. The number of thioether (sulfide) groups is 1. The molecule has 0 N–H and O–H groups in total. The number of rotatable bonds is 3. The van der Waals surface area contributed by atoms with Gasteiger partial charge in [0.05, 0.1) is 4.87 Å². The van der Waals surface area contributed by atoms with Crippen LogP contribution in [0.15, 0.2) is 28.7 Å². The summed E-state index contributed by atoms with van der Waals surface area (Å²) < 4.78 is 6.38. The number of amides is 1. The quantitative estimate of drug-likeness (QED) is 0.768. The molecule has 6 heteroatoms. The molecule has 0 bridgehead atoms. The van der Waals surface area contributed by atoms with Gasteiger partial charge in [-0.25, -0.2) is 4.79 Å². The predicted molar refractivity (Wildman–Crippen MR) is 84.7 cm³/mol. The van der Waals surface area contributed by atoms with Crippen LogP contribution in [0, 0.1) is 0 Å². The predicted octanol–water partition coefficient (Wildman–Crippen LogP) is 2.95. The molecule has 2 heterocycles. The lowest BCUT2D eigenvalue weighted by Crippen LogP contribution is -2.46. The fourth-order valence-electron chi connectivity index (χ4n) is 2.83. The zero-order valence-corrected chi connectivity index (χ0v) is 14.1. The van der Waals surface area contributed by atoms with Gasteiger partial charge in [0.15, 0.2) is 0 Å². The van der Waals surface area contributed by atoms with Crippen molar-refractivity contribution in [2.24, 2.45) is 0 Å². The van der Waals surface area contributed by atoms with Crippen LogP contribution in [0.3, 0.4) is 0 Å². The Bertz CT molecular complexity index is 577. The third kappa shape index (κ3) is 2.83. The Morgan fingerprint density at radius 1 is 1.48 bits per heavy atom. The Hall–Kier alpha value is -1.01. The second-order valence-corrected chi connectivity index (χ2v) is 7.92. The summed E-state index contributed by atoms with van der Waals surface area (Å²) in [7, 11) is 0. The zero-order chi connectivity index (χ0) is 15.0. The topological polar surface area (TPSA) is 46.6 Å². The molecule has 1 amide bonds. The fraction of sp³-hybridized carbons (Fsp3) is 0.467. The van der Waals surface area contributed by atoms with Gasteiger partial charge >= 0.3 is 5.97 Å². The van der Waals surface area contributed by atoms with Crippen molar-refractivity contribution >= 4 is 39.6 Å². The standard InChI is InChI=1S/C15H16BrNO3S/c1-15-7-6-13(18)17(15)12(9-21-15)14(19)20-8-10-2-4-11(16)5-3-10/h2-5,12H,6-9H2,1H3/t12-,15-/m0/s1. The van der Waals surface area contributed by atoms with Crippen molar-refractivity contribution in [1.82, 2.24) is 4.90 Å². The Morgan fingerprint density at radius 2 is 2.19 bits per heavy atom. The third-order valence-electron chi connectivity index (χ3n) is 4.01. The summed E-state index contributed by atoms with van der Waals surface area (Å²) >= 11 is 5.05. The molecule has 0 unspecified atom stereocenters. The molecule has 2 aliphatic heterocycles. The normalized spacial score (nSPS) is 27.8. The molecule has 3 rings (SSSR count). The number of ether oxygens (including phenoxy) is 1. The van der Waals surface area contributed by atoms with Crippen LogP contribution in [0.25, 0.3) is 0 Å². The summed E-state index contributed by atoms with van der Waals surface area (Å²) in [5.74, 6) is 0.388. The fourth-order valence-corrected chi connectivity index (χ4v) is 4.51. The summed E-state index contributed by atoms with van der Waals surface area (Å²) in [5, 5.41) is 0. The van der Waals surface area contributed by atoms with Gasteiger partial charge in [-0.15, -0.1) is 11.8 Å². The molecule has 21 heavy (non-hydrogen) atoms. The molecule has 2 saturated heterocycles. The average molecular weight is 370 g/mol. The van der Waals surface area contributed by atoms with Gasteiger partial charge in [-0.05, 0) is 31.0 Å². The van der Waals surface area contributed by atoms with Crippen LogP contribution < -0.4 is 0 Å². The van der Waals surface area contributed by atoms with Crippen molar-refractivity contribution in [2.45, 2.75) is 37.3 Å². The van der Waals surface area contributed by atoms with Gasteiger partial charge in [-0.1, -0.05) is 28.1 Å². The van der Waals surface area contributed by atoms with Crippen molar-refractivity contribution in [1.29, 1.82) is 0 Å². The van der Waals surface area contributed by atoms with E-state index in [1.165, 1.54) is 0 Å². The lowest BCUT2D eigenvalue weighted by Gasteiger charge is -2.29. The van der Waals surface area contributed by atoms with E-state index in [0.29, 0.717) is 12.2 Å². The maximum atomic E-state index is 12.3. The minimum absolute atomic E-state index is 0.0630. The third-order valence-corrected chi connectivity index (χ3v) is 6.05. The highest BCUT2D eigenvalue weighted by Crippen LogP contribution is 2.47. The van der Waals surface area contributed by atoms with E-state index in [0.717, 1.165) is 16.5 Å². The number of esters is 1. The van der Waals surface area contributed by atoms with Gasteiger partial charge in [0.25, 0.3) is 0 Å². The van der Waals surface area contributed by atoms with Crippen molar-refractivity contribution in [3.05, 3.63) is 34.3 Å². The average Bonchev–Trinajstić information content (AvgIpc) is 2.95. The van der Waals surface area contributed by atoms with Gasteiger partial charge in [0, 0.05) is 16.6 Å². The number of benzene rings is 1. The Kier molecular flexibility index (Phi) is 4.01. The highest BCUT2D eigenvalue weighted by molar-refractivity contribution is 9.10. The van der Waals surface area contributed by atoms with E-state index in [1.54, 1.807) is 16.7 Å². The number of hydrogen-bond donors (Lipinski definition) is 0. The van der Waals surface area contributed by atoms with E-state index in [-0.39, 0.29) is 23.4 Å². The molecular weight excluding hydrogens is 354 g/mol. The summed E-state index contributed by atoms with van der Waals surface area (Å²) in [5.41, 5.74) is 0.938. The summed E-state index contributed by atoms with van der Waals surface area (Å²) in [6.45, 7) is 2.27. The highest BCUT2D eigenvalue weighted by atomic mass is 79.9. The first kappa shape index (κ1) is 14.9. The molecule has 2 atom stereocenters. The van der Waals surface area contributed by atoms with E-state index < -0.39 is 6.04 Å². The van der Waals surface area contributed by atoms with Gasteiger partial charge in [0.1, 0.15) is 12.6 Å². The number of hydrogen-bond acceptors (Lipinski definition) is 4. The SMILES string of the molecule is C[C@]12CCC(=O)N1[C@H](C(=O)OCc1ccc(Br)cc1)CS2. The molecule has 0 aliphatic carbocycles. The molecule has 112 valence electrons. The molecule has 4 nitrogen and oxygen atoms in total. The monoisotopic (exact) mass is 369 g/mol. The first-order valence-corrected chi connectivity index (χ1v) is 8.65.